The van der Waals surface area contributed by atoms with E-state index in [0.717, 1.165) is 6.20 Å². The van der Waals surface area contributed by atoms with E-state index in [4.69, 9.17) is 0 Å². The Bertz CT molecular complexity index is 541. The Hall–Kier alpha value is -2.42. The van der Waals surface area contributed by atoms with Crippen molar-refractivity contribution in [1.29, 1.82) is 0 Å². The molecule has 0 aromatic carbocycles. The van der Waals surface area contributed by atoms with Crippen LogP contribution >= 0.6 is 0 Å². The summed E-state index contributed by atoms with van der Waals surface area (Å²) in [6.07, 6.45) is 1.16. The van der Waals surface area contributed by atoms with Crippen molar-refractivity contribution in [3.63, 3.8) is 0 Å². The number of aromatic amines is 1. The summed E-state index contributed by atoms with van der Waals surface area (Å²) in [4.78, 5) is 38.1. The van der Waals surface area contributed by atoms with Gasteiger partial charge in [0.05, 0.1) is 11.1 Å². The van der Waals surface area contributed by atoms with E-state index in [1.165, 1.54) is 18.0 Å². The number of hydrogen-bond acceptors (Lipinski definition) is 5. The SMILES string of the molecule is CNC(=O)C1CNCCN1C(=O)c1cc([N+](=O)[O-])c[nH]1. The lowest BCUT2D eigenvalue weighted by atomic mass is 10.1. The third-order valence-electron chi connectivity index (χ3n) is 3.16. The average molecular weight is 281 g/mol. The molecule has 0 bridgehead atoms. The maximum absolute atomic E-state index is 12.3. The highest BCUT2D eigenvalue weighted by molar-refractivity contribution is 5.97. The third kappa shape index (κ3) is 2.62. The van der Waals surface area contributed by atoms with E-state index < -0.39 is 16.9 Å². The number of carbonyl (C=O) groups is 2. The first-order valence-corrected chi connectivity index (χ1v) is 6.10. The van der Waals surface area contributed by atoms with Crippen molar-refractivity contribution in [2.45, 2.75) is 6.04 Å². The second-order valence-electron chi connectivity index (χ2n) is 4.36. The van der Waals surface area contributed by atoms with Crippen LogP contribution in [0.3, 0.4) is 0 Å². The first kappa shape index (κ1) is 14.0. The number of amides is 2. The van der Waals surface area contributed by atoms with Crippen LogP contribution in [0, 0.1) is 10.1 Å². The third-order valence-corrected chi connectivity index (χ3v) is 3.16. The van der Waals surface area contributed by atoms with Crippen molar-refractivity contribution in [2.24, 2.45) is 0 Å². The fourth-order valence-electron chi connectivity index (χ4n) is 2.11. The van der Waals surface area contributed by atoms with Crippen LogP contribution in [-0.2, 0) is 4.79 Å². The summed E-state index contributed by atoms with van der Waals surface area (Å²) in [6.45, 7) is 1.29. The van der Waals surface area contributed by atoms with Crippen molar-refractivity contribution >= 4 is 17.5 Å². The van der Waals surface area contributed by atoms with Gasteiger partial charge in [0.2, 0.25) is 5.91 Å². The number of H-pyrrole nitrogens is 1. The molecular weight excluding hydrogens is 266 g/mol. The number of nitro groups is 1. The molecule has 2 amide bonds. The predicted molar refractivity (Wildman–Crippen MR) is 69.2 cm³/mol. The van der Waals surface area contributed by atoms with Gasteiger partial charge in [0.25, 0.3) is 11.6 Å². The van der Waals surface area contributed by atoms with Crippen LogP contribution in [0.2, 0.25) is 0 Å². The summed E-state index contributed by atoms with van der Waals surface area (Å²) in [5, 5.41) is 16.2. The molecule has 1 saturated heterocycles. The summed E-state index contributed by atoms with van der Waals surface area (Å²) in [5.74, 6) is -0.695. The molecule has 9 nitrogen and oxygen atoms in total. The molecule has 1 unspecified atom stereocenters. The summed E-state index contributed by atoms with van der Waals surface area (Å²) in [5.41, 5.74) is -0.0764. The molecule has 20 heavy (non-hydrogen) atoms. The molecule has 0 aliphatic carbocycles. The van der Waals surface area contributed by atoms with E-state index in [1.54, 1.807) is 0 Å². The number of aromatic nitrogens is 1. The van der Waals surface area contributed by atoms with Gasteiger partial charge >= 0.3 is 0 Å². The zero-order valence-electron chi connectivity index (χ0n) is 10.9. The van der Waals surface area contributed by atoms with Crippen LogP contribution in [0.1, 0.15) is 10.5 Å². The van der Waals surface area contributed by atoms with Crippen molar-refractivity contribution in [3.8, 4) is 0 Å². The van der Waals surface area contributed by atoms with E-state index in [2.05, 4.69) is 15.6 Å². The number of nitrogens with one attached hydrogen (secondary N) is 3. The first-order valence-electron chi connectivity index (χ1n) is 6.10. The van der Waals surface area contributed by atoms with E-state index in [-0.39, 0.29) is 17.3 Å². The number of carbonyl (C=O) groups excluding carboxylic acids is 2. The summed E-state index contributed by atoms with van der Waals surface area (Å²) in [7, 11) is 1.50. The number of piperazine rings is 1. The average Bonchev–Trinajstić information content (AvgIpc) is 2.95. The Morgan fingerprint density at radius 1 is 1.55 bits per heavy atom. The molecule has 0 saturated carbocycles. The van der Waals surface area contributed by atoms with Gasteiger partial charge < -0.3 is 20.5 Å². The van der Waals surface area contributed by atoms with Gasteiger partial charge in [-0.1, -0.05) is 0 Å². The molecule has 2 heterocycles. The zero-order valence-corrected chi connectivity index (χ0v) is 10.9. The number of rotatable bonds is 3. The van der Waals surface area contributed by atoms with Gasteiger partial charge in [-0.15, -0.1) is 0 Å². The standard InChI is InChI=1S/C11H15N5O4/c1-12-10(17)9-6-13-2-3-15(9)11(18)8-4-7(5-14-8)16(19)20/h4-5,9,13-14H,2-3,6H2,1H3,(H,12,17). The van der Waals surface area contributed by atoms with Gasteiger partial charge in [-0.25, -0.2) is 0 Å². The normalized spacial score (nSPS) is 18.6. The van der Waals surface area contributed by atoms with Crippen LogP contribution in [-0.4, -0.2) is 59.3 Å². The molecule has 1 aliphatic rings. The van der Waals surface area contributed by atoms with E-state index in [9.17, 15) is 19.7 Å². The molecule has 2 rings (SSSR count). The van der Waals surface area contributed by atoms with Crippen molar-refractivity contribution in [2.75, 3.05) is 26.7 Å². The van der Waals surface area contributed by atoms with Gasteiger partial charge in [-0.05, 0) is 0 Å². The van der Waals surface area contributed by atoms with Gasteiger partial charge in [0.15, 0.2) is 0 Å². The molecule has 3 N–H and O–H groups in total. The predicted octanol–water partition coefficient (Wildman–Crippen LogP) is -0.917. The van der Waals surface area contributed by atoms with Crippen LogP contribution in [0.5, 0.6) is 0 Å². The summed E-state index contributed by atoms with van der Waals surface area (Å²) < 4.78 is 0. The van der Waals surface area contributed by atoms with E-state index in [1.807, 2.05) is 0 Å². The van der Waals surface area contributed by atoms with Crippen molar-refractivity contribution in [3.05, 3.63) is 28.1 Å². The molecule has 1 aromatic rings. The van der Waals surface area contributed by atoms with Gasteiger partial charge in [-0.2, -0.15) is 0 Å². The van der Waals surface area contributed by atoms with Gasteiger partial charge in [-0.3, -0.25) is 19.7 Å². The minimum absolute atomic E-state index is 0.104. The Kier molecular flexibility index (Phi) is 3.99. The highest BCUT2D eigenvalue weighted by Crippen LogP contribution is 2.16. The molecule has 108 valence electrons. The van der Waals surface area contributed by atoms with Crippen molar-refractivity contribution < 1.29 is 14.5 Å². The molecule has 1 aliphatic heterocycles. The van der Waals surface area contributed by atoms with E-state index >= 15 is 0 Å². The summed E-state index contributed by atoms with van der Waals surface area (Å²) in [6, 6.07) is 0.550. The molecular formula is C11H15N5O4. The van der Waals surface area contributed by atoms with Gasteiger partial charge in [0, 0.05) is 32.7 Å². The lowest BCUT2D eigenvalue weighted by molar-refractivity contribution is -0.384. The van der Waals surface area contributed by atoms with Gasteiger partial charge in [0.1, 0.15) is 11.7 Å². The monoisotopic (exact) mass is 281 g/mol. The lowest BCUT2D eigenvalue weighted by Crippen LogP contribution is -2.59. The molecule has 1 fully saturated rings. The highest BCUT2D eigenvalue weighted by atomic mass is 16.6. The fourth-order valence-corrected chi connectivity index (χ4v) is 2.11. The Morgan fingerprint density at radius 3 is 2.90 bits per heavy atom. The lowest BCUT2D eigenvalue weighted by Gasteiger charge is -2.34. The molecule has 1 aromatic heterocycles. The summed E-state index contributed by atoms with van der Waals surface area (Å²) >= 11 is 0. The molecule has 0 spiro atoms. The second kappa shape index (κ2) is 5.70. The zero-order chi connectivity index (χ0) is 14.7. The van der Waals surface area contributed by atoms with E-state index in [0.29, 0.717) is 19.6 Å². The fraction of sp³-hybridized carbons (Fsp3) is 0.455. The van der Waals surface area contributed by atoms with Crippen LogP contribution in [0.25, 0.3) is 0 Å². The van der Waals surface area contributed by atoms with Crippen LogP contribution < -0.4 is 10.6 Å². The Labute approximate surface area is 114 Å². The maximum atomic E-state index is 12.3. The Balaban J connectivity index is 2.20. The Morgan fingerprint density at radius 2 is 2.30 bits per heavy atom. The maximum Gasteiger partial charge on any atom is 0.287 e. The largest absolute Gasteiger partial charge is 0.357 e. The van der Waals surface area contributed by atoms with Crippen LogP contribution in [0.15, 0.2) is 12.3 Å². The molecule has 9 heteroatoms. The molecule has 1 atom stereocenters. The minimum atomic E-state index is -0.622. The number of hydrogen-bond donors (Lipinski definition) is 3. The van der Waals surface area contributed by atoms with Crippen LogP contribution in [0.4, 0.5) is 5.69 Å². The topological polar surface area (TPSA) is 120 Å². The minimum Gasteiger partial charge on any atom is -0.357 e. The highest BCUT2D eigenvalue weighted by Gasteiger charge is 2.33. The van der Waals surface area contributed by atoms with Crippen molar-refractivity contribution in [1.82, 2.24) is 20.5 Å². The quantitative estimate of drug-likeness (QED) is 0.489. The number of likely N-dealkylation sites (N-methyl/N-ethyl adjacent to an activating group) is 1. The second-order valence-corrected chi connectivity index (χ2v) is 4.36. The molecule has 0 radical (unpaired) electrons. The smallest absolute Gasteiger partial charge is 0.287 e. The number of nitrogens with zero attached hydrogens (tertiary/aromatic N) is 2. The first-order chi connectivity index (χ1) is 9.54.